The van der Waals surface area contributed by atoms with Crippen molar-refractivity contribution >= 4 is 5.82 Å². The molecule has 0 bridgehead atoms. The molecule has 2 aromatic rings. The first-order valence-corrected chi connectivity index (χ1v) is 9.43. The Morgan fingerprint density at radius 2 is 2.04 bits per heavy atom. The molecule has 140 valence electrons. The monoisotopic (exact) mass is 357 g/mol. The van der Waals surface area contributed by atoms with Gasteiger partial charge in [0, 0.05) is 45.3 Å². The Kier molecular flexibility index (Phi) is 5.12. The molecule has 0 saturated carbocycles. The molecule has 1 atom stereocenters. The smallest absolute Gasteiger partial charge is 0.146 e. The van der Waals surface area contributed by atoms with Crippen molar-refractivity contribution in [2.24, 2.45) is 7.05 Å². The van der Waals surface area contributed by atoms with Crippen molar-refractivity contribution in [3.63, 3.8) is 0 Å². The fourth-order valence-corrected chi connectivity index (χ4v) is 3.84. The topological polar surface area (TPSA) is 72.2 Å². The van der Waals surface area contributed by atoms with Crippen molar-refractivity contribution < 1.29 is 4.74 Å². The Bertz CT molecular complexity index is 741. The van der Waals surface area contributed by atoms with Crippen LogP contribution in [-0.2, 0) is 18.3 Å². The third-order valence-corrected chi connectivity index (χ3v) is 5.34. The molecule has 0 amide bonds. The van der Waals surface area contributed by atoms with Crippen molar-refractivity contribution in [1.29, 1.82) is 0 Å². The lowest BCUT2D eigenvalue weighted by atomic mass is 9.97. The lowest BCUT2D eigenvalue weighted by Gasteiger charge is -2.33. The van der Waals surface area contributed by atoms with Crippen molar-refractivity contribution in [2.75, 3.05) is 44.3 Å². The summed E-state index contributed by atoms with van der Waals surface area (Å²) in [6.07, 6.45) is 4.12. The second-order valence-corrected chi connectivity index (χ2v) is 7.17. The van der Waals surface area contributed by atoms with E-state index in [1.165, 1.54) is 0 Å². The Balaban J connectivity index is 1.46. The summed E-state index contributed by atoms with van der Waals surface area (Å²) in [5.41, 5.74) is 0. The molecule has 2 fully saturated rings. The van der Waals surface area contributed by atoms with Crippen molar-refractivity contribution in [3.8, 4) is 0 Å². The first-order valence-electron chi connectivity index (χ1n) is 9.43. The minimum atomic E-state index is 0.384. The van der Waals surface area contributed by atoms with Crippen LogP contribution in [0.25, 0.3) is 0 Å². The highest BCUT2D eigenvalue weighted by molar-refractivity contribution is 5.38. The van der Waals surface area contributed by atoms with Gasteiger partial charge in [0.05, 0.1) is 19.8 Å². The molecule has 0 aromatic carbocycles. The number of ether oxygens (including phenoxy) is 1. The van der Waals surface area contributed by atoms with E-state index in [-0.39, 0.29) is 0 Å². The van der Waals surface area contributed by atoms with Crippen LogP contribution in [0.4, 0.5) is 5.82 Å². The minimum absolute atomic E-state index is 0.384. The maximum atomic E-state index is 5.43. The van der Waals surface area contributed by atoms with Gasteiger partial charge in [-0.15, -0.1) is 10.2 Å². The SMILES string of the molecule is Cc1nccc(N2CCCC(c3nnc(CN4CCOCC4)n3C)C2)n1. The Hall–Kier alpha value is -2.06. The Labute approximate surface area is 154 Å². The number of hydrogen-bond acceptors (Lipinski definition) is 7. The van der Waals surface area contributed by atoms with Crippen LogP contribution in [0.1, 0.15) is 36.2 Å². The zero-order valence-electron chi connectivity index (χ0n) is 15.6. The number of morpholine rings is 1. The third-order valence-electron chi connectivity index (χ3n) is 5.34. The second-order valence-electron chi connectivity index (χ2n) is 7.17. The molecular weight excluding hydrogens is 330 g/mol. The van der Waals surface area contributed by atoms with Crippen LogP contribution >= 0.6 is 0 Å². The van der Waals surface area contributed by atoms with E-state index < -0.39 is 0 Å². The fourth-order valence-electron chi connectivity index (χ4n) is 3.84. The number of nitrogens with zero attached hydrogens (tertiary/aromatic N) is 7. The zero-order chi connectivity index (χ0) is 17.9. The highest BCUT2D eigenvalue weighted by Gasteiger charge is 2.27. The standard InChI is InChI=1S/C18H27N7O/c1-14-19-6-5-16(20-14)25-7-3-4-15(12-25)18-22-21-17(23(18)2)13-24-8-10-26-11-9-24/h5-6,15H,3-4,7-13H2,1-2H3. The third kappa shape index (κ3) is 3.71. The molecular formula is C18H27N7O. The van der Waals surface area contributed by atoms with Gasteiger partial charge in [-0.05, 0) is 25.8 Å². The maximum Gasteiger partial charge on any atom is 0.146 e. The average Bonchev–Trinajstić information content (AvgIpc) is 3.03. The summed E-state index contributed by atoms with van der Waals surface area (Å²) in [6, 6.07) is 2.00. The van der Waals surface area contributed by atoms with Gasteiger partial charge >= 0.3 is 0 Å². The van der Waals surface area contributed by atoms with Gasteiger partial charge in [0.15, 0.2) is 0 Å². The molecule has 2 aliphatic rings. The van der Waals surface area contributed by atoms with Crippen LogP contribution in [0.3, 0.4) is 0 Å². The van der Waals surface area contributed by atoms with Crippen molar-refractivity contribution in [1.82, 2.24) is 29.6 Å². The largest absolute Gasteiger partial charge is 0.379 e. The van der Waals surface area contributed by atoms with Gasteiger partial charge < -0.3 is 14.2 Å². The molecule has 8 heteroatoms. The molecule has 4 rings (SSSR count). The van der Waals surface area contributed by atoms with Gasteiger partial charge in [0.1, 0.15) is 23.3 Å². The van der Waals surface area contributed by atoms with Gasteiger partial charge in [0.25, 0.3) is 0 Å². The maximum absolute atomic E-state index is 5.43. The van der Waals surface area contributed by atoms with Crippen LogP contribution in [0.15, 0.2) is 12.3 Å². The molecule has 0 N–H and O–H groups in total. The van der Waals surface area contributed by atoms with E-state index in [1.54, 1.807) is 0 Å². The van der Waals surface area contributed by atoms with E-state index in [9.17, 15) is 0 Å². The Morgan fingerprint density at radius 3 is 2.85 bits per heavy atom. The molecule has 2 aliphatic heterocycles. The normalized spacial score (nSPS) is 21.9. The van der Waals surface area contributed by atoms with Crippen LogP contribution in [0.5, 0.6) is 0 Å². The van der Waals surface area contributed by atoms with Crippen LogP contribution in [0.2, 0.25) is 0 Å². The number of hydrogen-bond donors (Lipinski definition) is 0. The first-order chi connectivity index (χ1) is 12.7. The van der Waals surface area contributed by atoms with Gasteiger partial charge in [-0.3, -0.25) is 4.90 Å². The first kappa shape index (κ1) is 17.4. The number of rotatable bonds is 4. The van der Waals surface area contributed by atoms with Crippen LogP contribution in [0, 0.1) is 6.92 Å². The summed E-state index contributed by atoms with van der Waals surface area (Å²) >= 11 is 0. The fraction of sp³-hybridized carbons (Fsp3) is 0.667. The quantitative estimate of drug-likeness (QED) is 0.812. The molecule has 1 unspecified atom stereocenters. The number of anilines is 1. The zero-order valence-corrected chi connectivity index (χ0v) is 15.6. The average molecular weight is 357 g/mol. The van der Waals surface area contributed by atoms with E-state index >= 15 is 0 Å². The lowest BCUT2D eigenvalue weighted by molar-refractivity contribution is 0.0326. The van der Waals surface area contributed by atoms with Crippen molar-refractivity contribution in [2.45, 2.75) is 32.2 Å². The van der Waals surface area contributed by atoms with E-state index in [0.717, 1.165) is 82.1 Å². The van der Waals surface area contributed by atoms with Crippen LogP contribution < -0.4 is 4.90 Å². The number of aromatic nitrogens is 5. The predicted molar refractivity (Wildman–Crippen MR) is 98.1 cm³/mol. The van der Waals surface area contributed by atoms with E-state index in [1.807, 2.05) is 19.2 Å². The summed E-state index contributed by atoms with van der Waals surface area (Å²) in [6.45, 7) is 8.28. The van der Waals surface area contributed by atoms with E-state index in [2.05, 4.69) is 41.6 Å². The van der Waals surface area contributed by atoms with Crippen LogP contribution in [-0.4, -0.2) is 69.0 Å². The molecule has 2 saturated heterocycles. The molecule has 0 spiro atoms. The Morgan fingerprint density at radius 1 is 1.19 bits per heavy atom. The molecule has 8 nitrogen and oxygen atoms in total. The van der Waals surface area contributed by atoms with Gasteiger partial charge in [0.2, 0.25) is 0 Å². The minimum Gasteiger partial charge on any atom is -0.379 e. The summed E-state index contributed by atoms with van der Waals surface area (Å²) < 4.78 is 7.62. The summed E-state index contributed by atoms with van der Waals surface area (Å²) in [5, 5.41) is 9.03. The highest BCUT2D eigenvalue weighted by Crippen LogP contribution is 2.28. The summed E-state index contributed by atoms with van der Waals surface area (Å²) in [7, 11) is 2.10. The predicted octanol–water partition coefficient (Wildman–Crippen LogP) is 1.13. The summed E-state index contributed by atoms with van der Waals surface area (Å²) in [4.78, 5) is 13.5. The summed E-state index contributed by atoms with van der Waals surface area (Å²) in [5.74, 6) is 4.34. The highest BCUT2D eigenvalue weighted by atomic mass is 16.5. The van der Waals surface area contributed by atoms with E-state index in [4.69, 9.17) is 4.74 Å². The number of aryl methyl sites for hydroxylation is 1. The molecule has 4 heterocycles. The second kappa shape index (κ2) is 7.67. The molecule has 0 aliphatic carbocycles. The van der Waals surface area contributed by atoms with Gasteiger partial charge in [-0.25, -0.2) is 9.97 Å². The van der Waals surface area contributed by atoms with Crippen molar-refractivity contribution in [3.05, 3.63) is 29.7 Å². The molecule has 0 radical (unpaired) electrons. The van der Waals surface area contributed by atoms with E-state index in [0.29, 0.717) is 5.92 Å². The molecule has 26 heavy (non-hydrogen) atoms. The van der Waals surface area contributed by atoms with Gasteiger partial charge in [-0.2, -0.15) is 0 Å². The molecule has 2 aromatic heterocycles. The lowest BCUT2D eigenvalue weighted by Crippen LogP contribution is -2.37. The number of piperidine rings is 1. The van der Waals surface area contributed by atoms with Gasteiger partial charge in [-0.1, -0.05) is 0 Å².